The molecule has 1 aromatic carbocycles. The molecule has 0 aliphatic rings. The predicted molar refractivity (Wildman–Crippen MR) is 87.0 cm³/mol. The van der Waals surface area contributed by atoms with Crippen molar-refractivity contribution in [3.05, 3.63) is 50.9 Å². The third-order valence-electron chi connectivity index (χ3n) is 3.00. The lowest BCUT2D eigenvalue weighted by Crippen LogP contribution is -2.21. The Hall–Kier alpha value is -1.82. The van der Waals surface area contributed by atoms with Gasteiger partial charge in [0.1, 0.15) is 10.2 Å². The molecular formula is C15H18BrN3O2. The third-order valence-corrected chi connectivity index (χ3v) is 3.77. The van der Waals surface area contributed by atoms with Gasteiger partial charge in [-0.1, -0.05) is 17.7 Å². The van der Waals surface area contributed by atoms with Crippen LogP contribution in [-0.4, -0.2) is 22.9 Å². The number of halogens is 1. The Morgan fingerprint density at radius 2 is 2.05 bits per heavy atom. The van der Waals surface area contributed by atoms with Crippen molar-refractivity contribution in [3.63, 3.8) is 0 Å². The first-order valence-corrected chi connectivity index (χ1v) is 7.52. The first kappa shape index (κ1) is 15.6. The fourth-order valence-corrected chi connectivity index (χ4v) is 2.25. The monoisotopic (exact) mass is 351 g/mol. The fourth-order valence-electron chi connectivity index (χ4n) is 1.75. The molecule has 0 fully saturated rings. The van der Waals surface area contributed by atoms with Gasteiger partial charge in [-0.25, -0.2) is 4.68 Å². The number of aryl methyl sites for hydroxylation is 2. The molecule has 0 atom stereocenters. The van der Waals surface area contributed by atoms with Crippen molar-refractivity contribution >= 4 is 21.6 Å². The van der Waals surface area contributed by atoms with Crippen molar-refractivity contribution in [2.24, 2.45) is 7.05 Å². The zero-order valence-electron chi connectivity index (χ0n) is 12.1. The number of rotatable bonds is 6. The van der Waals surface area contributed by atoms with Gasteiger partial charge in [0, 0.05) is 13.6 Å². The lowest BCUT2D eigenvalue weighted by atomic mass is 10.2. The molecule has 1 N–H and O–H groups in total. The second kappa shape index (κ2) is 7.26. The first-order chi connectivity index (χ1) is 10.1. The van der Waals surface area contributed by atoms with Gasteiger partial charge in [-0.15, -0.1) is 0 Å². The van der Waals surface area contributed by atoms with Crippen LogP contribution in [0.4, 0.5) is 5.69 Å². The standard InChI is InChI=1S/C15H18BrN3O2/c1-11-4-6-12(7-5-11)21-9-3-8-17-13-10-18-19(2)15(20)14(13)16/h4-7,10,17H,3,8-9H2,1-2H3. The molecule has 112 valence electrons. The topological polar surface area (TPSA) is 56.1 Å². The smallest absolute Gasteiger partial charge is 0.282 e. The molecule has 0 aliphatic heterocycles. The molecule has 2 aromatic rings. The van der Waals surface area contributed by atoms with Gasteiger partial charge in [0.05, 0.1) is 18.5 Å². The van der Waals surface area contributed by atoms with Crippen LogP contribution in [0.1, 0.15) is 12.0 Å². The molecule has 1 aromatic heterocycles. The predicted octanol–water partition coefficient (Wildman–Crippen LogP) is 2.73. The maximum atomic E-state index is 11.7. The number of aromatic nitrogens is 2. The van der Waals surface area contributed by atoms with E-state index in [-0.39, 0.29) is 5.56 Å². The summed E-state index contributed by atoms with van der Waals surface area (Å²) in [6.45, 7) is 3.37. The van der Waals surface area contributed by atoms with E-state index in [1.807, 2.05) is 31.2 Å². The van der Waals surface area contributed by atoms with Crippen LogP contribution in [0, 0.1) is 6.92 Å². The van der Waals surface area contributed by atoms with E-state index in [9.17, 15) is 4.79 Å². The number of anilines is 1. The van der Waals surface area contributed by atoms with Crippen molar-refractivity contribution in [1.29, 1.82) is 0 Å². The highest BCUT2D eigenvalue weighted by Gasteiger charge is 2.05. The second-order valence-electron chi connectivity index (χ2n) is 4.74. The fraction of sp³-hybridized carbons (Fsp3) is 0.333. The minimum atomic E-state index is -0.157. The summed E-state index contributed by atoms with van der Waals surface area (Å²) in [6, 6.07) is 7.97. The number of ether oxygens (including phenoxy) is 1. The van der Waals surface area contributed by atoms with Crippen LogP contribution in [0.5, 0.6) is 5.75 Å². The molecule has 6 heteroatoms. The summed E-state index contributed by atoms with van der Waals surface area (Å²) in [5, 5.41) is 7.15. The van der Waals surface area contributed by atoms with E-state index in [1.54, 1.807) is 13.2 Å². The highest BCUT2D eigenvalue weighted by Crippen LogP contribution is 2.16. The van der Waals surface area contributed by atoms with E-state index < -0.39 is 0 Å². The Kier molecular flexibility index (Phi) is 5.38. The Bertz CT molecular complexity index is 653. The minimum Gasteiger partial charge on any atom is -0.494 e. The molecule has 0 saturated heterocycles. The van der Waals surface area contributed by atoms with Gasteiger partial charge >= 0.3 is 0 Å². The van der Waals surface area contributed by atoms with Gasteiger partial charge in [-0.05, 0) is 41.4 Å². The largest absolute Gasteiger partial charge is 0.494 e. The molecule has 0 saturated carbocycles. The summed E-state index contributed by atoms with van der Waals surface area (Å²) >= 11 is 3.28. The van der Waals surface area contributed by atoms with Gasteiger partial charge in [0.2, 0.25) is 0 Å². The zero-order valence-corrected chi connectivity index (χ0v) is 13.7. The van der Waals surface area contributed by atoms with Gasteiger partial charge in [-0.2, -0.15) is 5.10 Å². The van der Waals surface area contributed by atoms with Crippen molar-refractivity contribution in [2.45, 2.75) is 13.3 Å². The molecule has 21 heavy (non-hydrogen) atoms. The molecule has 0 bridgehead atoms. The maximum absolute atomic E-state index is 11.7. The van der Waals surface area contributed by atoms with E-state index in [2.05, 4.69) is 26.3 Å². The number of hydrogen-bond acceptors (Lipinski definition) is 4. The Morgan fingerprint density at radius 1 is 1.33 bits per heavy atom. The average molecular weight is 352 g/mol. The highest BCUT2D eigenvalue weighted by molar-refractivity contribution is 9.10. The molecule has 0 unspecified atom stereocenters. The SMILES string of the molecule is Cc1ccc(OCCCNc2cnn(C)c(=O)c2Br)cc1. The summed E-state index contributed by atoms with van der Waals surface area (Å²) in [5.74, 6) is 0.872. The molecule has 5 nitrogen and oxygen atoms in total. The molecular weight excluding hydrogens is 334 g/mol. The van der Waals surface area contributed by atoms with Crippen LogP contribution >= 0.6 is 15.9 Å². The number of hydrogen-bond donors (Lipinski definition) is 1. The van der Waals surface area contributed by atoms with Crippen LogP contribution in [0.3, 0.4) is 0 Å². The average Bonchev–Trinajstić information content (AvgIpc) is 2.48. The van der Waals surface area contributed by atoms with E-state index in [0.29, 0.717) is 23.3 Å². The van der Waals surface area contributed by atoms with Crippen LogP contribution in [0.2, 0.25) is 0 Å². The van der Waals surface area contributed by atoms with Crippen molar-refractivity contribution in [3.8, 4) is 5.75 Å². The normalized spacial score (nSPS) is 10.4. The summed E-state index contributed by atoms with van der Waals surface area (Å²) in [7, 11) is 1.62. The van der Waals surface area contributed by atoms with Gasteiger partial charge in [0.15, 0.2) is 0 Å². The molecule has 2 rings (SSSR count). The molecule has 1 heterocycles. The molecule has 0 spiro atoms. The molecule has 0 amide bonds. The van der Waals surface area contributed by atoms with Gasteiger partial charge in [-0.3, -0.25) is 4.79 Å². The lowest BCUT2D eigenvalue weighted by molar-refractivity contribution is 0.315. The van der Waals surface area contributed by atoms with Crippen LogP contribution in [0.25, 0.3) is 0 Å². The quantitative estimate of drug-likeness (QED) is 0.813. The van der Waals surface area contributed by atoms with Gasteiger partial charge in [0.25, 0.3) is 5.56 Å². The summed E-state index contributed by atoms with van der Waals surface area (Å²) < 4.78 is 7.43. The van der Waals surface area contributed by atoms with E-state index in [1.165, 1.54) is 10.2 Å². The Balaban J connectivity index is 1.76. The molecule has 0 radical (unpaired) electrons. The number of nitrogens with zero attached hydrogens (tertiary/aromatic N) is 2. The second-order valence-corrected chi connectivity index (χ2v) is 5.54. The van der Waals surface area contributed by atoms with E-state index >= 15 is 0 Å². The highest BCUT2D eigenvalue weighted by atomic mass is 79.9. The van der Waals surface area contributed by atoms with Crippen molar-refractivity contribution in [1.82, 2.24) is 9.78 Å². The van der Waals surface area contributed by atoms with Gasteiger partial charge < -0.3 is 10.1 Å². The Morgan fingerprint density at radius 3 is 2.76 bits per heavy atom. The summed E-state index contributed by atoms with van der Waals surface area (Å²) in [4.78, 5) is 11.7. The van der Waals surface area contributed by atoms with Crippen molar-refractivity contribution < 1.29 is 4.74 Å². The third kappa shape index (κ3) is 4.32. The molecule has 0 aliphatic carbocycles. The van der Waals surface area contributed by atoms with E-state index in [4.69, 9.17) is 4.74 Å². The summed E-state index contributed by atoms with van der Waals surface area (Å²) in [6.07, 6.45) is 2.46. The van der Waals surface area contributed by atoms with Crippen LogP contribution < -0.4 is 15.6 Å². The number of benzene rings is 1. The van der Waals surface area contributed by atoms with Crippen LogP contribution in [0.15, 0.2) is 39.7 Å². The maximum Gasteiger partial charge on any atom is 0.282 e. The zero-order chi connectivity index (χ0) is 15.2. The number of nitrogens with one attached hydrogen (secondary N) is 1. The minimum absolute atomic E-state index is 0.157. The van der Waals surface area contributed by atoms with Crippen LogP contribution in [-0.2, 0) is 7.05 Å². The first-order valence-electron chi connectivity index (χ1n) is 6.73. The lowest BCUT2D eigenvalue weighted by Gasteiger charge is -2.09. The van der Waals surface area contributed by atoms with E-state index in [0.717, 1.165) is 12.2 Å². The van der Waals surface area contributed by atoms with Crippen molar-refractivity contribution in [2.75, 3.05) is 18.5 Å². The summed E-state index contributed by atoms with van der Waals surface area (Å²) in [5.41, 5.74) is 1.76. The Labute approximate surface area is 132 Å².